The fourth-order valence-corrected chi connectivity index (χ4v) is 3.81. The summed E-state index contributed by atoms with van der Waals surface area (Å²) < 4.78 is 35.3. The first-order valence-electron chi connectivity index (χ1n) is 8.31. The van der Waals surface area contributed by atoms with E-state index in [2.05, 4.69) is 21.1 Å². The Kier molecular flexibility index (Phi) is 4.14. The molecule has 0 amide bonds. The molecule has 2 aliphatic heterocycles. The lowest BCUT2D eigenvalue weighted by molar-refractivity contribution is -0.0497. The fraction of sp³-hybridized carbons (Fsp3) is 0.444. The number of nitrogens with zero attached hydrogens (tertiary/aromatic N) is 2. The van der Waals surface area contributed by atoms with Gasteiger partial charge >= 0.3 is 6.61 Å². The van der Waals surface area contributed by atoms with Crippen molar-refractivity contribution in [3.05, 3.63) is 30.0 Å². The Bertz CT molecular complexity index is 837. The highest BCUT2D eigenvalue weighted by atomic mass is 19.3. The smallest absolute Gasteiger partial charge is 0.387 e. The summed E-state index contributed by atoms with van der Waals surface area (Å²) >= 11 is 0. The summed E-state index contributed by atoms with van der Waals surface area (Å²) in [7, 11) is 0. The molecule has 0 spiro atoms. The van der Waals surface area contributed by atoms with Gasteiger partial charge < -0.3 is 14.8 Å². The third kappa shape index (κ3) is 3.10. The zero-order chi connectivity index (χ0) is 17.4. The maximum Gasteiger partial charge on any atom is 0.387 e. The van der Waals surface area contributed by atoms with Crippen LogP contribution in [0.4, 0.5) is 14.5 Å². The zero-order valence-corrected chi connectivity index (χ0v) is 13.4. The van der Waals surface area contributed by atoms with Crippen LogP contribution in [-0.2, 0) is 4.74 Å². The first kappa shape index (κ1) is 16.0. The lowest BCUT2D eigenvalue weighted by Crippen LogP contribution is -2.24. The molecule has 130 valence electrons. The minimum Gasteiger partial charge on any atom is -0.435 e. The van der Waals surface area contributed by atoms with Crippen molar-refractivity contribution >= 4 is 16.6 Å². The van der Waals surface area contributed by atoms with Crippen molar-refractivity contribution < 1.29 is 18.3 Å². The second kappa shape index (κ2) is 6.45. The number of aromatic nitrogens is 1. The standard InChI is InChI=1S/C18H17F2N3O2/c19-18(20)25-13-1-3-15-14(6-13)17(11(7-21)9-22-15)23-8-10-5-12-2-4-16(10)24-12/h1,3,6,9-10,12,16,18H,2,4-5,8H2,(H,22,23). The van der Waals surface area contributed by atoms with E-state index in [9.17, 15) is 14.0 Å². The van der Waals surface area contributed by atoms with Gasteiger partial charge in [0.25, 0.3) is 0 Å². The van der Waals surface area contributed by atoms with Gasteiger partial charge in [0.05, 0.1) is 29.0 Å². The number of anilines is 1. The third-order valence-electron chi connectivity index (χ3n) is 4.96. The van der Waals surface area contributed by atoms with E-state index in [1.165, 1.54) is 18.3 Å². The van der Waals surface area contributed by atoms with E-state index in [-0.39, 0.29) is 11.9 Å². The summed E-state index contributed by atoms with van der Waals surface area (Å²) in [5.41, 5.74) is 1.60. The van der Waals surface area contributed by atoms with Gasteiger partial charge in [0, 0.05) is 24.0 Å². The normalized spacial score (nSPS) is 24.6. The van der Waals surface area contributed by atoms with Crippen LogP contribution in [0.1, 0.15) is 24.8 Å². The Labute approximate surface area is 143 Å². The monoisotopic (exact) mass is 345 g/mol. The highest BCUT2D eigenvalue weighted by Crippen LogP contribution is 2.39. The number of nitriles is 1. The number of nitrogens with one attached hydrogen (secondary N) is 1. The number of ether oxygens (including phenoxy) is 2. The van der Waals surface area contributed by atoms with E-state index in [1.54, 1.807) is 6.07 Å². The predicted molar refractivity (Wildman–Crippen MR) is 87.6 cm³/mol. The maximum absolute atomic E-state index is 12.5. The van der Waals surface area contributed by atoms with E-state index in [0.29, 0.717) is 40.7 Å². The average Bonchev–Trinajstić information content (AvgIpc) is 3.22. The molecule has 0 aliphatic carbocycles. The molecule has 3 atom stereocenters. The molecule has 3 unspecified atom stereocenters. The molecule has 2 fully saturated rings. The summed E-state index contributed by atoms with van der Waals surface area (Å²) in [4.78, 5) is 4.22. The van der Waals surface area contributed by atoms with Crippen molar-refractivity contribution in [2.24, 2.45) is 5.92 Å². The zero-order valence-electron chi connectivity index (χ0n) is 13.4. The number of hydrogen-bond acceptors (Lipinski definition) is 5. The van der Waals surface area contributed by atoms with E-state index < -0.39 is 6.61 Å². The number of rotatable bonds is 5. The number of halogens is 2. The first-order chi connectivity index (χ1) is 12.1. The minimum absolute atomic E-state index is 0.0469. The lowest BCUT2D eigenvalue weighted by atomic mass is 9.89. The molecular weight excluding hydrogens is 328 g/mol. The van der Waals surface area contributed by atoms with Crippen LogP contribution in [0.2, 0.25) is 0 Å². The van der Waals surface area contributed by atoms with Crippen LogP contribution in [0.5, 0.6) is 5.75 Å². The van der Waals surface area contributed by atoms with Crippen LogP contribution >= 0.6 is 0 Å². The van der Waals surface area contributed by atoms with Crippen LogP contribution in [0.25, 0.3) is 10.9 Å². The molecule has 25 heavy (non-hydrogen) atoms. The van der Waals surface area contributed by atoms with E-state index >= 15 is 0 Å². The van der Waals surface area contributed by atoms with Crippen molar-refractivity contribution in [2.75, 3.05) is 11.9 Å². The minimum atomic E-state index is -2.90. The predicted octanol–water partition coefficient (Wildman–Crippen LogP) is 3.69. The molecule has 4 rings (SSSR count). The van der Waals surface area contributed by atoms with Gasteiger partial charge in [-0.3, -0.25) is 4.98 Å². The molecule has 1 N–H and O–H groups in total. The van der Waals surface area contributed by atoms with Gasteiger partial charge in [-0.25, -0.2) is 0 Å². The number of hydrogen-bond donors (Lipinski definition) is 1. The highest BCUT2D eigenvalue weighted by molar-refractivity contribution is 5.94. The first-order valence-corrected chi connectivity index (χ1v) is 8.31. The second-order valence-corrected chi connectivity index (χ2v) is 6.47. The van der Waals surface area contributed by atoms with Crippen molar-refractivity contribution in [2.45, 2.75) is 38.1 Å². The quantitative estimate of drug-likeness (QED) is 0.895. The van der Waals surface area contributed by atoms with Crippen LogP contribution < -0.4 is 10.1 Å². The summed E-state index contributed by atoms with van der Waals surface area (Å²) in [5, 5.41) is 13.3. The van der Waals surface area contributed by atoms with E-state index in [0.717, 1.165) is 19.3 Å². The summed E-state index contributed by atoms with van der Waals surface area (Å²) in [6, 6.07) is 6.66. The van der Waals surface area contributed by atoms with Gasteiger partial charge in [0.2, 0.25) is 0 Å². The Morgan fingerprint density at radius 2 is 2.28 bits per heavy atom. The molecule has 1 aromatic carbocycles. The molecule has 7 heteroatoms. The Hall–Kier alpha value is -2.46. The van der Waals surface area contributed by atoms with Crippen LogP contribution in [0, 0.1) is 17.2 Å². The van der Waals surface area contributed by atoms with Crippen molar-refractivity contribution in [3.8, 4) is 11.8 Å². The highest BCUT2D eigenvalue weighted by Gasteiger charge is 2.40. The Morgan fingerprint density at radius 1 is 1.40 bits per heavy atom. The van der Waals surface area contributed by atoms with Gasteiger partial charge in [-0.05, 0) is 37.5 Å². The number of alkyl halides is 2. The molecule has 2 aromatic rings. The number of pyridine rings is 1. The number of fused-ring (bicyclic) bond motifs is 3. The molecule has 1 aromatic heterocycles. The summed E-state index contributed by atoms with van der Waals surface area (Å²) in [5.74, 6) is 0.444. The Balaban J connectivity index is 1.63. The molecule has 2 bridgehead atoms. The second-order valence-electron chi connectivity index (χ2n) is 6.47. The SMILES string of the molecule is N#Cc1cnc2ccc(OC(F)F)cc2c1NCC1CC2CCC1O2. The summed E-state index contributed by atoms with van der Waals surface area (Å²) in [6.07, 6.45) is 5.34. The van der Waals surface area contributed by atoms with Gasteiger partial charge in [-0.2, -0.15) is 14.0 Å². The lowest BCUT2D eigenvalue weighted by Gasteiger charge is -2.20. The molecular formula is C18H17F2N3O2. The van der Waals surface area contributed by atoms with Gasteiger partial charge in [0.15, 0.2) is 0 Å². The Morgan fingerprint density at radius 3 is 2.96 bits per heavy atom. The van der Waals surface area contributed by atoms with Crippen molar-refractivity contribution in [1.29, 1.82) is 5.26 Å². The third-order valence-corrected chi connectivity index (χ3v) is 4.96. The van der Waals surface area contributed by atoms with Gasteiger partial charge in [0.1, 0.15) is 11.8 Å². The largest absolute Gasteiger partial charge is 0.435 e. The van der Waals surface area contributed by atoms with Gasteiger partial charge in [-0.1, -0.05) is 0 Å². The maximum atomic E-state index is 12.5. The van der Waals surface area contributed by atoms with E-state index in [1.807, 2.05) is 0 Å². The molecule has 0 radical (unpaired) electrons. The number of benzene rings is 1. The molecule has 2 saturated heterocycles. The van der Waals surface area contributed by atoms with Crippen LogP contribution in [0.3, 0.4) is 0 Å². The van der Waals surface area contributed by atoms with Crippen molar-refractivity contribution in [3.63, 3.8) is 0 Å². The summed E-state index contributed by atoms with van der Waals surface area (Å²) in [6.45, 7) is -2.22. The van der Waals surface area contributed by atoms with Gasteiger partial charge in [-0.15, -0.1) is 0 Å². The van der Waals surface area contributed by atoms with E-state index in [4.69, 9.17) is 4.74 Å². The average molecular weight is 345 g/mol. The van der Waals surface area contributed by atoms with Crippen LogP contribution in [0.15, 0.2) is 24.4 Å². The molecule has 5 nitrogen and oxygen atoms in total. The topological polar surface area (TPSA) is 67.2 Å². The fourth-order valence-electron chi connectivity index (χ4n) is 3.81. The van der Waals surface area contributed by atoms with Crippen molar-refractivity contribution in [1.82, 2.24) is 4.98 Å². The van der Waals surface area contributed by atoms with Crippen LogP contribution in [-0.4, -0.2) is 30.3 Å². The molecule has 0 saturated carbocycles. The molecule has 2 aliphatic rings. The molecule has 3 heterocycles.